The van der Waals surface area contributed by atoms with Crippen LogP contribution in [0.15, 0.2) is 59.4 Å². The first-order valence-corrected chi connectivity index (χ1v) is 9.36. The molecule has 3 rings (SSSR count). The Kier molecular flexibility index (Phi) is 6.09. The number of halogens is 1. The zero-order chi connectivity index (χ0) is 18.4. The first-order valence-electron chi connectivity index (χ1n) is 8.03. The Morgan fingerprint density at radius 1 is 1.27 bits per heavy atom. The lowest BCUT2D eigenvalue weighted by atomic mass is 10.1. The van der Waals surface area contributed by atoms with E-state index in [9.17, 15) is 4.79 Å². The number of nitrogens with one attached hydrogen (secondary N) is 2. The number of anilines is 1. The van der Waals surface area contributed by atoms with Crippen molar-refractivity contribution in [1.82, 2.24) is 10.3 Å². The predicted octanol–water partition coefficient (Wildman–Crippen LogP) is 5.26. The molecule has 134 valence electrons. The minimum absolute atomic E-state index is 0.184. The van der Waals surface area contributed by atoms with E-state index in [1.165, 1.54) is 11.3 Å². The van der Waals surface area contributed by atoms with Crippen molar-refractivity contribution in [2.24, 2.45) is 0 Å². The summed E-state index contributed by atoms with van der Waals surface area (Å²) in [5.41, 5.74) is 4.14. The number of carbonyl (C=O) groups is 1. The normalized spacial score (nSPS) is 11.6. The van der Waals surface area contributed by atoms with Gasteiger partial charge in [0.2, 0.25) is 0 Å². The van der Waals surface area contributed by atoms with Gasteiger partial charge in [-0.25, -0.2) is 9.78 Å². The molecule has 0 aliphatic rings. The summed E-state index contributed by atoms with van der Waals surface area (Å²) in [4.78, 5) is 16.5. The fourth-order valence-electron chi connectivity index (χ4n) is 2.37. The topological polar surface area (TPSA) is 63.2 Å². The molecule has 26 heavy (non-hydrogen) atoms. The Balaban J connectivity index is 1.62. The van der Waals surface area contributed by atoms with E-state index in [1.807, 2.05) is 48.7 Å². The second-order valence-electron chi connectivity index (χ2n) is 5.64. The van der Waals surface area contributed by atoms with Crippen molar-refractivity contribution in [3.63, 3.8) is 0 Å². The molecule has 3 aromatic rings. The fourth-order valence-corrected chi connectivity index (χ4v) is 3.11. The van der Waals surface area contributed by atoms with Crippen LogP contribution in [0.2, 0.25) is 5.02 Å². The minimum atomic E-state index is -0.317. The third kappa shape index (κ3) is 4.97. The zero-order valence-electron chi connectivity index (χ0n) is 14.1. The Bertz CT molecular complexity index is 871. The maximum atomic E-state index is 12.3. The zero-order valence-corrected chi connectivity index (χ0v) is 15.7. The second-order valence-corrected chi connectivity index (χ2v) is 6.79. The van der Waals surface area contributed by atoms with Crippen LogP contribution in [0.25, 0.3) is 0 Å². The molecule has 0 bridgehead atoms. The molecule has 7 heteroatoms. The molecule has 2 aromatic carbocycles. The average molecular weight is 388 g/mol. The first-order chi connectivity index (χ1) is 12.6. The SMILES string of the molecule is CC(NC(=O)Nc1ccccc1OCc1cscn1)c1cccc(Cl)c1. The van der Waals surface area contributed by atoms with E-state index in [0.717, 1.165) is 11.3 Å². The van der Waals surface area contributed by atoms with Crippen LogP contribution in [-0.2, 0) is 6.61 Å². The van der Waals surface area contributed by atoms with Crippen LogP contribution >= 0.6 is 22.9 Å². The standard InChI is InChI=1S/C19H18ClN3O2S/c1-13(14-5-4-6-15(20)9-14)22-19(24)23-17-7-2-3-8-18(17)25-10-16-11-26-12-21-16/h2-9,11-13H,10H2,1H3,(H2,22,23,24). The van der Waals surface area contributed by atoms with Gasteiger partial charge in [-0.15, -0.1) is 11.3 Å². The number of hydrogen-bond acceptors (Lipinski definition) is 4. The lowest BCUT2D eigenvalue weighted by Gasteiger charge is -2.17. The molecule has 0 aliphatic heterocycles. The van der Waals surface area contributed by atoms with E-state index in [2.05, 4.69) is 15.6 Å². The van der Waals surface area contributed by atoms with Gasteiger partial charge in [-0.1, -0.05) is 35.9 Å². The number of thiazole rings is 1. The van der Waals surface area contributed by atoms with Crippen LogP contribution in [0.4, 0.5) is 10.5 Å². The summed E-state index contributed by atoms with van der Waals surface area (Å²) in [6.07, 6.45) is 0. The molecule has 1 atom stereocenters. The number of benzene rings is 2. The molecule has 1 heterocycles. The van der Waals surface area contributed by atoms with E-state index in [0.29, 0.717) is 23.1 Å². The maximum Gasteiger partial charge on any atom is 0.319 e. The van der Waals surface area contributed by atoms with Crippen molar-refractivity contribution in [3.05, 3.63) is 75.7 Å². The predicted molar refractivity (Wildman–Crippen MR) is 105 cm³/mol. The van der Waals surface area contributed by atoms with E-state index in [-0.39, 0.29) is 12.1 Å². The Hall–Kier alpha value is -2.57. The number of aromatic nitrogens is 1. The fraction of sp³-hybridized carbons (Fsp3) is 0.158. The van der Waals surface area contributed by atoms with Crippen LogP contribution in [0.3, 0.4) is 0 Å². The van der Waals surface area contributed by atoms with Gasteiger partial charge < -0.3 is 15.4 Å². The molecule has 0 spiro atoms. The number of nitrogens with zero attached hydrogens (tertiary/aromatic N) is 1. The Labute approximate surface area is 161 Å². The molecule has 1 aromatic heterocycles. The lowest BCUT2D eigenvalue weighted by Crippen LogP contribution is -2.31. The number of hydrogen-bond donors (Lipinski definition) is 2. The van der Waals surface area contributed by atoms with E-state index >= 15 is 0 Å². The van der Waals surface area contributed by atoms with Gasteiger partial charge in [0, 0.05) is 10.4 Å². The molecule has 1 unspecified atom stereocenters. The molecule has 0 aliphatic carbocycles. The van der Waals surface area contributed by atoms with Crippen molar-refractivity contribution < 1.29 is 9.53 Å². The smallest absolute Gasteiger partial charge is 0.319 e. The van der Waals surface area contributed by atoms with Crippen LogP contribution in [0, 0.1) is 0 Å². The van der Waals surface area contributed by atoms with Crippen LogP contribution < -0.4 is 15.4 Å². The minimum Gasteiger partial charge on any atom is -0.485 e. The molecule has 0 saturated heterocycles. The molecule has 2 amide bonds. The number of ether oxygens (including phenoxy) is 1. The van der Waals surface area contributed by atoms with Gasteiger partial charge in [0.05, 0.1) is 22.9 Å². The molecular weight excluding hydrogens is 370 g/mol. The highest BCUT2D eigenvalue weighted by Gasteiger charge is 2.12. The summed E-state index contributed by atoms with van der Waals surface area (Å²) in [5.74, 6) is 0.589. The van der Waals surface area contributed by atoms with Gasteiger partial charge in [0.25, 0.3) is 0 Å². The molecule has 0 radical (unpaired) electrons. The van der Waals surface area contributed by atoms with Gasteiger partial charge in [-0.3, -0.25) is 0 Å². The highest BCUT2D eigenvalue weighted by atomic mass is 35.5. The average Bonchev–Trinajstić information content (AvgIpc) is 3.14. The number of urea groups is 1. The van der Waals surface area contributed by atoms with Crippen LogP contribution in [-0.4, -0.2) is 11.0 Å². The molecule has 2 N–H and O–H groups in total. The van der Waals surface area contributed by atoms with Crippen molar-refractivity contribution >= 4 is 34.7 Å². The summed E-state index contributed by atoms with van der Waals surface area (Å²) in [7, 11) is 0. The van der Waals surface area contributed by atoms with E-state index in [4.69, 9.17) is 16.3 Å². The molecular formula is C19H18ClN3O2S. The molecule has 5 nitrogen and oxygen atoms in total. The van der Waals surface area contributed by atoms with Crippen LogP contribution in [0.5, 0.6) is 5.75 Å². The van der Waals surface area contributed by atoms with Gasteiger partial charge in [0.1, 0.15) is 12.4 Å². The monoisotopic (exact) mass is 387 g/mol. The summed E-state index contributed by atoms with van der Waals surface area (Å²) >= 11 is 7.52. The number of para-hydroxylation sites is 2. The Morgan fingerprint density at radius 3 is 2.88 bits per heavy atom. The van der Waals surface area contributed by atoms with E-state index < -0.39 is 0 Å². The third-order valence-corrected chi connectivity index (χ3v) is 4.56. The van der Waals surface area contributed by atoms with Crippen molar-refractivity contribution in [2.75, 3.05) is 5.32 Å². The highest BCUT2D eigenvalue weighted by molar-refractivity contribution is 7.07. The quantitative estimate of drug-likeness (QED) is 0.606. The molecule has 0 saturated carbocycles. The summed E-state index contributed by atoms with van der Waals surface area (Å²) in [6.45, 7) is 2.25. The van der Waals surface area contributed by atoms with Gasteiger partial charge >= 0.3 is 6.03 Å². The van der Waals surface area contributed by atoms with Crippen LogP contribution in [0.1, 0.15) is 24.2 Å². The summed E-state index contributed by atoms with van der Waals surface area (Å²) in [6, 6.07) is 14.2. The van der Waals surface area contributed by atoms with Crippen molar-refractivity contribution in [1.29, 1.82) is 0 Å². The summed E-state index contributed by atoms with van der Waals surface area (Å²) < 4.78 is 5.77. The van der Waals surface area contributed by atoms with Crippen molar-refractivity contribution in [2.45, 2.75) is 19.6 Å². The second kappa shape index (κ2) is 8.69. The maximum absolute atomic E-state index is 12.3. The first kappa shape index (κ1) is 18.2. The van der Waals surface area contributed by atoms with Gasteiger partial charge in [-0.2, -0.15) is 0 Å². The summed E-state index contributed by atoms with van der Waals surface area (Å²) in [5, 5.41) is 8.29. The third-order valence-electron chi connectivity index (χ3n) is 3.69. The van der Waals surface area contributed by atoms with Gasteiger partial charge in [0.15, 0.2) is 0 Å². The number of rotatable bonds is 6. The number of amides is 2. The van der Waals surface area contributed by atoms with E-state index in [1.54, 1.807) is 17.6 Å². The lowest BCUT2D eigenvalue weighted by molar-refractivity contribution is 0.249. The highest BCUT2D eigenvalue weighted by Crippen LogP contribution is 2.25. The van der Waals surface area contributed by atoms with Gasteiger partial charge in [-0.05, 0) is 36.8 Å². The molecule has 0 fully saturated rings. The number of carbonyl (C=O) groups excluding carboxylic acids is 1. The Morgan fingerprint density at radius 2 is 2.12 bits per heavy atom. The largest absolute Gasteiger partial charge is 0.485 e. The van der Waals surface area contributed by atoms with Crippen molar-refractivity contribution in [3.8, 4) is 5.75 Å².